The molecule has 2 aliphatic rings. The number of unbranched alkanes of at least 4 members (excludes halogenated alkanes) is 1. The molecule has 3 rings (SSSR count). The Morgan fingerprint density at radius 2 is 1.93 bits per heavy atom. The fourth-order valence-corrected chi connectivity index (χ4v) is 4.29. The molecule has 0 saturated carbocycles. The Hall–Kier alpha value is -1.34. The maximum atomic E-state index is 13.2. The van der Waals surface area contributed by atoms with E-state index < -0.39 is 6.04 Å². The van der Waals surface area contributed by atoms with Crippen LogP contribution < -0.4 is 0 Å². The van der Waals surface area contributed by atoms with Crippen molar-refractivity contribution in [2.24, 2.45) is 0 Å². The predicted octanol–water partition coefficient (Wildman–Crippen LogP) is 2.84. The molecule has 0 bridgehead atoms. The number of amides is 2. The van der Waals surface area contributed by atoms with Crippen molar-refractivity contribution in [2.45, 2.75) is 44.9 Å². The third-order valence-electron chi connectivity index (χ3n) is 5.47. The van der Waals surface area contributed by atoms with Crippen LogP contribution in [-0.2, 0) is 16.1 Å². The molecule has 1 aromatic rings. The second-order valence-electron chi connectivity index (χ2n) is 7.28. The summed E-state index contributed by atoms with van der Waals surface area (Å²) in [6, 6.07) is 4.91. The number of hydrazine groups is 1. The number of hydrogen-bond acceptors (Lipinski definition) is 4. The van der Waals surface area contributed by atoms with E-state index in [1.807, 2.05) is 35.1 Å². The quantitative estimate of drug-likeness (QED) is 0.745. The normalized spacial score (nSPS) is 24.5. The van der Waals surface area contributed by atoms with Crippen molar-refractivity contribution in [3.8, 4) is 0 Å². The molecule has 0 radical (unpaired) electrons. The molecule has 0 aliphatic carbocycles. The van der Waals surface area contributed by atoms with E-state index in [1.165, 1.54) is 0 Å². The number of carbonyl (C=O) groups is 2. The van der Waals surface area contributed by atoms with Gasteiger partial charge in [0.2, 0.25) is 11.8 Å². The van der Waals surface area contributed by atoms with E-state index >= 15 is 0 Å². The van der Waals surface area contributed by atoms with Gasteiger partial charge in [0.25, 0.3) is 0 Å². The Morgan fingerprint density at radius 1 is 1.19 bits per heavy atom. The first-order valence-electron chi connectivity index (χ1n) is 9.31. The maximum Gasteiger partial charge on any atom is 0.245 e. The van der Waals surface area contributed by atoms with E-state index in [1.54, 1.807) is 17.0 Å². The van der Waals surface area contributed by atoms with Crippen LogP contribution in [0.1, 0.15) is 31.7 Å². The van der Waals surface area contributed by atoms with E-state index in [-0.39, 0.29) is 18.0 Å². The van der Waals surface area contributed by atoms with Crippen molar-refractivity contribution in [3.63, 3.8) is 0 Å². The van der Waals surface area contributed by atoms with Crippen molar-refractivity contribution >= 4 is 35.0 Å². The van der Waals surface area contributed by atoms with Gasteiger partial charge in [-0.1, -0.05) is 49.0 Å². The largest absolute Gasteiger partial charge is 0.333 e. The van der Waals surface area contributed by atoms with E-state index in [2.05, 4.69) is 6.92 Å². The standard InChI is InChI=1S/C19H26Cl2N4O2/c1-4-5-6-16-19(27)24(10-13-7-8-14(20)9-15(13)21)11-17-23(3)22(2)12-18(26)25(16)17/h7-9,16-17H,4-6,10-12H2,1-3H3/t16-,17?/m0/s1. The smallest absolute Gasteiger partial charge is 0.245 e. The van der Waals surface area contributed by atoms with Gasteiger partial charge in [-0.15, -0.1) is 0 Å². The zero-order chi connectivity index (χ0) is 19.7. The first-order valence-corrected chi connectivity index (χ1v) is 10.1. The van der Waals surface area contributed by atoms with Crippen molar-refractivity contribution in [2.75, 3.05) is 27.2 Å². The fraction of sp³-hybridized carbons (Fsp3) is 0.579. The van der Waals surface area contributed by atoms with Gasteiger partial charge in [0, 0.05) is 30.7 Å². The van der Waals surface area contributed by atoms with Crippen LogP contribution in [0, 0.1) is 0 Å². The van der Waals surface area contributed by atoms with Gasteiger partial charge in [-0.25, -0.2) is 10.0 Å². The molecule has 8 heteroatoms. The summed E-state index contributed by atoms with van der Waals surface area (Å²) in [5, 5.41) is 5.07. The number of benzene rings is 1. The van der Waals surface area contributed by atoms with Crippen LogP contribution in [-0.4, -0.2) is 71.0 Å². The molecule has 1 unspecified atom stereocenters. The zero-order valence-electron chi connectivity index (χ0n) is 16.0. The van der Waals surface area contributed by atoms with Crippen LogP contribution in [0.5, 0.6) is 0 Å². The SMILES string of the molecule is CCCC[C@H]1C(=O)N(Cc2ccc(Cl)cc2Cl)CC2N1C(=O)CN(C)N2C. The number of fused-ring (bicyclic) bond motifs is 1. The number of piperazine rings is 1. The third-order valence-corrected chi connectivity index (χ3v) is 6.05. The molecule has 2 aliphatic heterocycles. The lowest BCUT2D eigenvalue weighted by atomic mass is 10.0. The number of carbonyl (C=O) groups excluding carboxylic acids is 2. The van der Waals surface area contributed by atoms with Crippen LogP contribution >= 0.6 is 23.2 Å². The van der Waals surface area contributed by atoms with Crippen LogP contribution in [0.4, 0.5) is 0 Å². The molecule has 2 amide bonds. The van der Waals surface area contributed by atoms with E-state index in [0.29, 0.717) is 36.1 Å². The molecule has 1 aromatic carbocycles. The van der Waals surface area contributed by atoms with Gasteiger partial charge in [-0.2, -0.15) is 0 Å². The predicted molar refractivity (Wildman–Crippen MR) is 106 cm³/mol. The van der Waals surface area contributed by atoms with Crippen LogP contribution in [0.2, 0.25) is 10.0 Å². The summed E-state index contributed by atoms with van der Waals surface area (Å²) in [7, 11) is 3.86. The monoisotopic (exact) mass is 412 g/mol. The molecular weight excluding hydrogens is 387 g/mol. The first kappa shape index (κ1) is 20.4. The van der Waals surface area contributed by atoms with Gasteiger partial charge < -0.3 is 9.80 Å². The molecule has 2 heterocycles. The average molecular weight is 413 g/mol. The molecule has 148 valence electrons. The van der Waals surface area contributed by atoms with Gasteiger partial charge in [0.15, 0.2) is 0 Å². The molecule has 2 atom stereocenters. The first-order chi connectivity index (χ1) is 12.8. The topological polar surface area (TPSA) is 47.1 Å². The highest BCUT2D eigenvalue weighted by molar-refractivity contribution is 6.35. The lowest BCUT2D eigenvalue weighted by Crippen LogP contribution is -2.73. The van der Waals surface area contributed by atoms with Crippen LogP contribution in [0.3, 0.4) is 0 Å². The van der Waals surface area contributed by atoms with Gasteiger partial charge in [0.1, 0.15) is 12.2 Å². The van der Waals surface area contributed by atoms with Crippen molar-refractivity contribution in [1.29, 1.82) is 0 Å². The molecule has 2 fully saturated rings. The molecule has 2 saturated heterocycles. The van der Waals surface area contributed by atoms with Gasteiger partial charge in [0.05, 0.1) is 13.1 Å². The van der Waals surface area contributed by atoms with Gasteiger partial charge in [-0.3, -0.25) is 9.59 Å². The van der Waals surface area contributed by atoms with Crippen molar-refractivity contribution in [1.82, 2.24) is 19.8 Å². The maximum absolute atomic E-state index is 13.2. The van der Waals surface area contributed by atoms with Gasteiger partial charge >= 0.3 is 0 Å². The Bertz CT molecular complexity index is 730. The summed E-state index contributed by atoms with van der Waals surface area (Å²) in [6.07, 6.45) is 2.40. The zero-order valence-corrected chi connectivity index (χ0v) is 17.5. The number of rotatable bonds is 5. The minimum absolute atomic E-state index is 0.00276. The fourth-order valence-electron chi connectivity index (χ4n) is 3.83. The summed E-state index contributed by atoms with van der Waals surface area (Å²) >= 11 is 12.3. The summed E-state index contributed by atoms with van der Waals surface area (Å²) < 4.78 is 0. The number of nitrogens with zero attached hydrogens (tertiary/aromatic N) is 4. The highest BCUT2D eigenvalue weighted by Gasteiger charge is 2.47. The molecular formula is C19H26Cl2N4O2. The second-order valence-corrected chi connectivity index (χ2v) is 8.13. The molecule has 6 nitrogen and oxygen atoms in total. The molecule has 0 aromatic heterocycles. The van der Waals surface area contributed by atoms with Gasteiger partial charge in [-0.05, 0) is 24.1 Å². The number of likely N-dealkylation sites (N-methyl/N-ethyl adjacent to an activating group) is 2. The number of halogens is 2. The van der Waals surface area contributed by atoms with E-state index in [9.17, 15) is 9.59 Å². The Kier molecular flexibility index (Phi) is 6.31. The minimum atomic E-state index is -0.418. The van der Waals surface area contributed by atoms with E-state index in [4.69, 9.17) is 23.2 Å². The minimum Gasteiger partial charge on any atom is -0.333 e. The molecule has 27 heavy (non-hydrogen) atoms. The van der Waals surface area contributed by atoms with Crippen LogP contribution in [0.15, 0.2) is 18.2 Å². The number of hydrogen-bond donors (Lipinski definition) is 0. The highest BCUT2D eigenvalue weighted by atomic mass is 35.5. The summed E-state index contributed by atoms with van der Waals surface area (Å²) in [5.74, 6) is 0.0104. The Labute approximate surface area is 170 Å². The Balaban J connectivity index is 1.89. The lowest BCUT2D eigenvalue weighted by Gasteiger charge is -2.54. The second kappa shape index (κ2) is 8.35. The lowest BCUT2D eigenvalue weighted by molar-refractivity contribution is -0.194. The summed E-state index contributed by atoms with van der Waals surface area (Å²) in [4.78, 5) is 29.6. The van der Waals surface area contributed by atoms with Crippen LogP contribution in [0.25, 0.3) is 0 Å². The highest BCUT2D eigenvalue weighted by Crippen LogP contribution is 2.29. The summed E-state index contributed by atoms with van der Waals surface area (Å²) in [6.45, 7) is 3.25. The molecule has 0 N–H and O–H groups in total. The van der Waals surface area contributed by atoms with Crippen molar-refractivity contribution in [3.05, 3.63) is 33.8 Å². The Morgan fingerprint density at radius 3 is 2.59 bits per heavy atom. The molecule has 0 spiro atoms. The average Bonchev–Trinajstić information content (AvgIpc) is 2.62. The third kappa shape index (κ3) is 4.09. The van der Waals surface area contributed by atoms with E-state index in [0.717, 1.165) is 18.4 Å². The summed E-state index contributed by atoms with van der Waals surface area (Å²) in [5.41, 5.74) is 0.857. The van der Waals surface area contributed by atoms with Crippen molar-refractivity contribution < 1.29 is 9.59 Å².